The molecule has 0 aliphatic rings. The number of hydrogen-bond acceptors (Lipinski definition) is 3. The molecule has 0 saturated heterocycles. The van der Waals surface area contributed by atoms with Crippen LogP contribution in [0.5, 0.6) is 0 Å². The number of rotatable bonds is 6. The van der Waals surface area contributed by atoms with E-state index in [-0.39, 0.29) is 31.0 Å². The molecule has 3 N–H and O–H groups in total. The summed E-state index contributed by atoms with van der Waals surface area (Å²) in [5.41, 5.74) is 1.08. The van der Waals surface area contributed by atoms with Crippen molar-refractivity contribution < 1.29 is 14.3 Å². The molecule has 7 heteroatoms. The second kappa shape index (κ2) is 7.73. The highest BCUT2D eigenvalue weighted by molar-refractivity contribution is 5.74. The molecule has 0 saturated carbocycles. The molecular weight excluding hydrogens is 299 g/mol. The van der Waals surface area contributed by atoms with E-state index in [1.807, 2.05) is 0 Å². The monoisotopic (exact) mass is 320 g/mol. The average Bonchev–Trinajstić information content (AvgIpc) is 2.91. The van der Waals surface area contributed by atoms with Crippen molar-refractivity contribution in [2.24, 2.45) is 0 Å². The number of nitrogens with zero attached hydrogens (tertiary/aromatic N) is 2. The number of nitrogens with one attached hydrogen (secondary N) is 2. The third-order valence-corrected chi connectivity index (χ3v) is 3.49. The Morgan fingerprint density at radius 2 is 2.26 bits per heavy atom. The lowest BCUT2D eigenvalue weighted by Gasteiger charge is -2.14. The molecule has 124 valence electrons. The summed E-state index contributed by atoms with van der Waals surface area (Å²) in [5.74, 6) is 0.325. The Bertz CT molecular complexity index is 672. The Hall–Kier alpha value is -2.41. The van der Waals surface area contributed by atoms with E-state index < -0.39 is 0 Å². The Kier molecular flexibility index (Phi) is 5.70. The van der Waals surface area contributed by atoms with Crippen molar-refractivity contribution in [2.45, 2.75) is 32.9 Å². The molecule has 0 radical (unpaired) electrons. The van der Waals surface area contributed by atoms with Crippen molar-refractivity contribution in [1.29, 1.82) is 0 Å². The van der Waals surface area contributed by atoms with Crippen molar-refractivity contribution in [3.05, 3.63) is 47.8 Å². The summed E-state index contributed by atoms with van der Waals surface area (Å²) >= 11 is 0. The fourth-order valence-corrected chi connectivity index (χ4v) is 2.21. The van der Waals surface area contributed by atoms with E-state index in [2.05, 4.69) is 15.6 Å². The van der Waals surface area contributed by atoms with Crippen molar-refractivity contribution in [3.8, 4) is 5.69 Å². The van der Waals surface area contributed by atoms with Crippen LogP contribution in [0.4, 0.5) is 9.18 Å². The van der Waals surface area contributed by atoms with E-state index in [1.165, 1.54) is 6.07 Å². The predicted octanol–water partition coefficient (Wildman–Crippen LogP) is 1.89. The van der Waals surface area contributed by atoms with E-state index in [4.69, 9.17) is 5.11 Å². The zero-order valence-electron chi connectivity index (χ0n) is 13.2. The number of aryl methyl sites for hydroxylation is 1. The van der Waals surface area contributed by atoms with Crippen molar-refractivity contribution in [2.75, 3.05) is 6.61 Å². The van der Waals surface area contributed by atoms with E-state index >= 15 is 0 Å². The van der Waals surface area contributed by atoms with Gasteiger partial charge < -0.3 is 20.3 Å². The third kappa shape index (κ3) is 4.53. The second-order valence-corrected chi connectivity index (χ2v) is 5.37. The van der Waals surface area contributed by atoms with Crippen LogP contribution in [0, 0.1) is 12.7 Å². The quantitative estimate of drug-likeness (QED) is 0.760. The molecule has 0 aliphatic carbocycles. The zero-order valence-corrected chi connectivity index (χ0v) is 13.2. The topological polar surface area (TPSA) is 79.2 Å². The van der Waals surface area contributed by atoms with Crippen LogP contribution < -0.4 is 10.6 Å². The summed E-state index contributed by atoms with van der Waals surface area (Å²) in [6, 6.07) is 4.35. The lowest BCUT2D eigenvalue weighted by Crippen LogP contribution is -2.40. The lowest BCUT2D eigenvalue weighted by molar-refractivity contribution is 0.230. The molecule has 23 heavy (non-hydrogen) atoms. The molecule has 0 aliphatic heterocycles. The van der Waals surface area contributed by atoms with Crippen LogP contribution in [0.25, 0.3) is 5.69 Å². The van der Waals surface area contributed by atoms with Crippen LogP contribution in [-0.2, 0) is 6.54 Å². The standard InChI is InChI=1S/C16H21FN4O2/c1-11(5-8-22)20-16(23)19-10-13-3-4-15(14(17)9-13)21-7-6-18-12(21)2/h3-4,6-7,9,11,22H,5,8,10H2,1-2H3,(H2,19,20,23)/t11-/m1/s1. The average molecular weight is 320 g/mol. The van der Waals surface area contributed by atoms with Gasteiger partial charge in [0.1, 0.15) is 11.6 Å². The van der Waals surface area contributed by atoms with Crippen molar-refractivity contribution in [3.63, 3.8) is 0 Å². The molecular formula is C16H21FN4O2. The number of aliphatic hydroxyl groups is 1. The first-order valence-corrected chi connectivity index (χ1v) is 7.45. The number of urea groups is 1. The molecule has 2 aromatic rings. The Morgan fingerprint density at radius 1 is 1.48 bits per heavy atom. The molecule has 2 rings (SSSR count). The van der Waals surface area contributed by atoms with Gasteiger partial charge in [-0.3, -0.25) is 0 Å². The van der Waals surface area contributed by atoms with E-state index in [0.717, 1.165) is 0 Å². The van der Waals surface area contributed by atoms with Crippen LogP contribution in [-0.4, -0.2) is 33.3 Å². The van der Waals surface area contributed by atoms with Gasteiger partial charge in [-0.25, -0.2) is 14.2 Å². The van der Waals surface area contributed by atoms with Crippen molar-refractivity contribution >= 4 is 6.03 Å². The van der Waals surface area contributed by atoms with Gasteiger partial charge in [-0.1, -0.05) is 6.07 Å². The fraction of sp³-hybridized carbons (Fsp3) is 0.375. The van der Waals surface area contributed by atoms with Gasteiger partial charge in [0.2, 0.25) is 0 Å². The number of imidazole rings is 1. The normalized spacial score (nSPS) is 12.0. The molecule has 2 amide bonds. The highest BCUT2D eigenvalue weighted by Crippen LogP contribution is 2.16. The summed E-state index contributed by atoms with van der Waals surface area (Å²) in [6.45, 7) is 3.84. The Labute approximate surface area is 134 Å². The van der Waals surface area contributed by atoms with Gasteiger partial charge in [0, 0.05) is 31.6 Å². The van der Waals surface area contributed by atoms with Crippen LogP contribution in [0.3, 0.4) is 0 Å². The number of aliphatic hydroxyl groups excluding tert-OH is 1. The van der Waals surface area contributed by atoms with E-state index in [1.54, 1.807) is 42.9 Å². The minimum atomic E-state index is -0.376. The van der Waals surface area contributed by atoms with Gasteiger partial charge in [-0.2, -0.15) is 0 Å². The van der Waals surface area contributed by atoms with Crippen LogP contribution in [0.1, 0.15) is 24.7 Å². The van der Waals surface area contributed by atoms with Crippen LogP contribution in [0.2, 0.25) is 0 Å². The SMILES string of the molecule is Cc1nccn1-c1ccc(CNC(=O)N[C@H](C)CCO)cc1F. The number of carbonyl (C=O) groups excluding carboxylic acids is 1. The van der Waals surface area contributed by atoms with Gasteiger partial charge in [0.05, 0.1) is 5.69 Å². The van der Waals surface area contributed by atoms with Gasteiger partial charge in [0.15, 0.2) is 0 Å². The predicted molar refractivity (Wildman–Crippen MR) is 84.8 cm³/mol. The van der Waals surface area contributed by atoms with Crippen LogP contribution >= 0.6 is 0 Å². The van der Waals surface area contributed by atoms with Crippen LogP contribution in [0.15, 0.2) is 30.6 Å². The van der Waals surface area contributed by atoms with Gasteiger partial charge >= 0.3 is 6.03 Å². The molecule has 0 unspecified atom stereocenters. The van der Waals surface area contributed by atoms with E-state index in [9.17, 15) is 9.18 Å². The molecule has 6 nitrogen and oxygen atoms in total. The third-order valence-electron chi connectivity index (χ3n) is 3.49. The molecule has 1 aromatic carbocycles. The number of carbonyl (C=O) groups is 1. The highest BCUT2D eigenvalue weighted by atomic mass is 19.1. The maximum absolute atomic E-state index is 14.2. The minimum absolute atomic E-state index is 0.0157. The van der Waals surface area contributed by atoms with Gasteiger partial charge in [-0.05, 0) is 38.0 Å². The van der Waals surface area contributed by atoms with E-state index in [0.29, 0.717) is 23.5 Å². The Balaban J connectivity index is 1.96. The Morgan fingerprint density at radius 3 is 2.87 bits per heavy atom. The maximum Gasteiger partial charge on any atom is 0.315 e. The first-order chi connectivity index (χ1) is 11.0. The fourth-order valence-electron chi connectivity index (χ4n) is 2.21. The molecule has 1 aromatic heterocycles. The lowest BCUT2D eigenvalue weighted by atomic mass is 10.2. The number of halogens is 1. The van der Waals surface area contributed by atoms with Gasteiger partial charge in [-0.15, -0.1) is 0 Å². The minimum Gasteiger partial charge on any atom is -0.396 e. The molecule has 1 atom stereocenters. The molecule has 1 heterocycles. The number of aromatic nitrogens is 2. The second-order valence-electron chi connectivity index (χ2n) is 5.37. The molecule has 0 spiro atoms. The number of benzene rings is 1. The number of hydrogen-bond donors (Lipinski definition) is 3. The summed E-state index contributed by atoms with van der Waals surface area (Å²) in [6.07, 6.45) is 3.80. The summed E-state index contributed by atoms with van der Waals surface area (Å²) in [4.78, 5) is 15.7. The van der Waals surface area contributed by atoms with Gasteiger partial charge in [0.25, 0.3) is 0 Å². The number of amides is 2. The smallest absolute Gasteiger partial charge is 0.315 e. The first kappa shape index (κ1) is 17.0. The highest BCUT2D eigenvalue weighted by Gasteiger charge is 2.09. The molecule has 0 fully saturated rings. The molecule has 0 bridgehead atoms. The van der Waals surface area contributed by atoms with Crippen molar-refractivity contribution in [1.82, 2.24) is 20.2 Å². The zero-order chi connectivity index (χ0) is 16.8. The first-order valence-electron chi connectivity index (χ1n) is 7.45. The summed E-state index contributed by atoms with van der Waals surface area (Å²) in [5, 5.41) is 14.1. The summed E-state index contributed by atoms with van der Waals surface area (Å²) in [7, 11) is 0. The summed E-state index contributed by atoms with van der Waals surface area (Å²) < 4.78 is 15.9. The maximum atomic E-state index is 14.2. The largest absolute Gasteiger partial charge is 0.396 e.